The molecule has 0 saturated carbocycles. The summed E-state index contributed by atoms with van der Waals surface area (Å²) in [6.07, 6.45) is 0. The Hall–Kier alpha value is -14.1. The molecule has 0 aliphatic carbocycles. The Balaban J connectivity index is 0.862. The van der Waals surface area contributed by atoms with Crippen molar-refractivity contribution in [2.75, 3.05) is 0 Å². The van der Waals surface area contributed by atoms with Gasteiger partial charge in [-0.25, -0.2) is 29.9 Å². The van der Waals surface area contributed by atoms with E-state index in [0.29, 0.717) is 34.9 Å². The van der Waals surface area contributed by atoms with Gasteiger partial charge in [-0.3, -0.25) is 0 Å². The second-order valence-corrected chi connectivity index (χ2v) is 28.2. The molecule has 510 valence electrons. The van der Waals surface area contributed by atoms with Crippen LogP contribution in [-0.4, -0.2) is 39.0 Å². The SMILES string of the molecule is Cc1ccc(-c2ccc3c(c2)c2cc(-c4ccc(C)cc4)ccc2n3-c2cc(-c3cccc(-c4cc(-c5nc(-c6ccccc6)nc(-c6ccccc6)n5)ccc4-n4c5ccc(-c6ccc(C)cc6)cc5c5cc(-c6ccc(C)cc6)ccc54)c3)cc(-c3nc(-c4ccccc4)nc(-c4ccccc4)n3)c2)cc1. The average molecular weight is 1380 g/mol. The van der Waals surface area contributed by atoms with E-state index in [-0.39, 0.29) is 0 Å². The van der Waals surface area contributed by atoms with E-state index < -0.39 is 0 Å². The van der Waals surface area contributed by atoms with Gasteiger partial charge in [-0.05, 0) is 180 Å². The molecule has 8 heteroatoms. The molecule has 8 nitrogen and oxygen atoms in total. The number of aromatic nitrogens is 8. The third kappa shape index (κ3) is 12.3. The summed E-state index contributed by atoms with van der Waals surface area (Å²) in [6, 6.07) is 126. The Morgan fingerprint density at radius 3 is 0.806 bits per heavy atom. The Morgan fingerprint density at radius 2 is 0.444 bits per heavy atom. The minimum atomic E-state index is 0.547. The molecule has 0 saturated heterocycles. The van der Waals surface area contributed by atoms with Gasteiger partial charge in [-0.15, -0.1) is 0 Å². The van der Waals surface area contributed by atoms with Crippen LogP contribution in [0.2, 0.25) is 0 Å². The van der Waals surface area contributed by atoms with Crippen molar-refractivity contribution < 1.29 is 0 Å². The topological polar surface area (TPSA) is 87.2 Å². The van der Waals surface area contributed by atoms with Gasteiger partial charge < -0.3 is 9.13 Å². The molecule has 0 spiro atoms. The monoisotopic (exact) mass is 1380 g/mol. The van der Waals surface area contributed by atoms with Crippen LogP contribution in [0.1, 0.15) is 22.3 Å². The number of rotatable bonds is 14. The first-order chi connectivity index (χ1) is 53.1. The Labute approximate surface area is 627 Å². The highest BCUT2D eigenvalue weighted by molar-refractivity contribution is 6.14. The fourth-order valence-corrected chi connectivity index (χ4v) is 15.2. The highest BCUT2D eigenvalue weighted by atomic mass is 15.1. The summed E-state index contributed by atoms with van der Waals surface area (Å²) in [5.74, 6) is 3.44. The molecule has 19 rings (SSSR count). The summed E-state index contributed by atoms with van der Waals surface area (Å²) in [7, 11) is 0. The third-order valence-electron chi connectivity index (χ3n) is 20.9. The van der Waals surface area contributed by atoms with E-state index in [4.69, 9.17) is 29.9 Å². The maximum Gasteiger partial charge on any atom is 0.164 e. The van der Waals surface area contributed by atoms with E-state index in [1.807, 2.05) is 72.8 Å². The zero-order valence-corrected chi connectivity index (χ0v) is 60.1. The summed E-state index contributed by atoms with van der Waals surface area (Å²) in [5, 5.41) is 4.58. The van der Waals surface area contributed by atoms with Crippen molar-refractivity contribution in [2.24, 2.45) is 0 Å². The Bertz CT molecular complexity index is 6330. The van der Waals surface area contributed by atoms with Gasteiger partial charge in [0.25, 0.3) is 0 Å². The molecule has 0 radical (unpaired) electrons. The smallest absolute Gasteiger partial charge is 0.164 e. The second-order valence-electron chi connectivity index (χ2n) is 28.2. The fourth-order valence-electron chi connectivity index (χ4n) is 15.2. The molecule has 0 aliphatic heterocycles. The molecule has 0 unspecified atom stereocenters. The van der Waals surface area contributed by atoms with Crippen molar-refractivity contribution in [1.29, 1.82) is 0 Å². The lowest BCUT2D eigenvalue weighted by Gasteiger charge is -2.18. The fraction of sp³-hybridized carbons (Fsp3) is 0.0400. The molecule has 19 aromatic rings. The molecule has 4 heterocycles. The first kappa shape index (κ1) is 64.7. The predicted octanol–water partition coefficient (Wildman–Crippen LogP) is 25.5. The highest BCUT2D eigenvalue weighted by Crippen LogP contribution is 2.45. The van der Waals surface area contributed by atoms with Crippen LogP contribution in [-0.2, 0) is 0 Å². The van der Waals surface area contributed by atoms with Gasteiger partial charge in [-0.2, -0.15) is 0 Å². The molecular weight excluding hydrogens is 1310 g/mol. The van der Waals surface area contributed by atoms with Crippen LogP contribution >= 0.6 is 0 Å². The normalized spacial score (nSPS) is 11.5. The van der Waals surface area contributed by atoms with Crippen molar-refractivity contribution >= 4 is 43.6 Å². The average Bonchev–Trinajstić information content (AvgIpc) is 1.59. The lowest BCUT2D eigenvalue weighted by molar-refractivity contribution is 1.07. The van der Waals surface area contributed by atoms with E-state index in [1.54, 1.807) is 0 Å². The van der Waals surface area contributed by atoms with Crippen LogP contribution in [0, 0.1) is 27.7 Å². The first-order valence-corrected chi connectivity index (χ1v) is 36.7. The molecule has 0 amide bonds. The van der Waals surface area contributed by atoms with E-state index in [0.717, 1.165) is 155 Å². The molecule has 0 fully saturated rings. The molecular formula is C100H70N8. The van der Waals surface area contributed by atoms with Crippen LogP contribution in [0.15, 0.2) is 352 Å². The van der Waals surface area contributed by atoms with Crippen molar-refractivity contribution in [3.05, 3.63) is 374 Å². The quantitative estimate of drug-likeness (QED) is 0.108. The first-order valence-electron chi connectivity index (χ1n) is 36.7. The summed E-state index contributed by atoms with van der Waals surface area (Å²) < 4.78 is 4.88. The lowest BCUT2D eigenvalue weighted by Crippen LogP contribution is -2.02. The van der Waals surface area contributed by atoms with Gasteiger partial charge in [0.2, 0.25) is 0 Å². The number of nitrogens with zero attached hydrogens (tertiary/aromatic N) is 8. The van der Waals surface area contributed by atoms with Crippen LogP contribution in [0.4, 0.5) is 0 Å². The van der Waals surface area contributed by atoms with Crippen molar-refractivity contribution in [2.45, 2.75) is 27.7 Å². The van der Waals surface area contributed by atoms with Crippen molar-refractivity contribution in [1.82, 2.24) is 39.0 Å². The number of hydrogen-bond donors (Lipinski definition) is 0. The van der Waals surface area contributed by atoms with Gasteiger partial charge in [0, 0.05) is 66.2 Å². The Morgan fingerprint density at radius 1 is 0.176 bits per heavy atom. The van der Waals surface area contributed by atoms with Crippen LogP contribution in [0.25, 0.3) is 190 Å². The number of hydrogen-bond acceptors (Lipinski definition) is 6. The van der Waals surface area contributed by atoms with E-state index in [1.165, 1.54) is 22.3 Å². The molecule has 0 atom stereocenters. The summed E-state index contributed by atoms with van der Waals surface area (Å²) in [5.41, 5.74) is 29.5. The molecule has 4 aromatic heterocycles. The molecule has 0 aliphatic rings. The largest absolute Gasteiger partial charge is 0.309 e. The summed E-state index contributed by atoms with van der Waals surface area (Å²) >= 11 is 0. The molecule has 15 aromatic carbocycles. The minimum absolute atomic E-state index is 0.547. The van der Waals surface area contributed by atoms with Crippen molar-refractivity contribution in [3.63, 3.8) is 0 Å². The summed E-state index contributed by atoms with van der Waals surface area (Å²) in [4.78, 5) is 31.9. The maximum atomic E-state index is 5.43. The van der Waals surface area contributed by atoms with Gasteiger partial charge in [0.15, 0.2) is 34.9 Å². The third-order valence-corrected chi connectivity index (χ3v) is 20.9. The second kappa shape index (κ2) is 27.2. The zero-order chi connectivity index (χ0) is 72.3. The van der Waals surface area contributed by atoms with Crippen LogP contribution in [0.5, 0.6) is 0 Å². The number of benzene rings is 15. The van der Waals surface area contributed by atoms with Crippen molar-refractivity contribution in [3.8, 4) is 146 Å². The van der Waals surface area contributed by atoms with Gasteiger partial charge >= 0.3 is 0 Å². The van der Waals surface area contributed by atoms with Gasteiger partial charge in [0.05, 0.1) is 27.8 Å². The Kier molecular flexibility index (Phi) is 16.3. The van der Waals surface area contributed by atoms with E-state index in [2.05, 4.69) is 316 Å². The van der Waals surface area contributed by atoms with Gasteiger partial charge in [0.1, 0.15) is 0 Å². The molecule has 0 bridgehead atoms. The predicted molar refractivity (Wildman–Crippen MR) is 446 cm³/mol. The highest BCUT2D eigenvalue weighted by Gasteiger charge is 2.24. The summed E-state index contributed by atoms with van der Waals surface area (Å²) in [6.45, 7) is 8.56. The number of aryl methyl sites for hydroxylation is 4. The molecule has 108 heavy (non-hydrogen) atoms. The van der Waals surface area contributed by atoms with E-state index >= 15 is 0 Å². The maximum absolute atomic E-state index is 5.43. The standard InChI is InChI=1S/C100H70N8/c1-63-28-36-67(37-29-63)76-44-49-91-86(58-76)87-59-77(68-38-30-64(2)31-39-68)45-50-92(87)107(91)84-56-82(55-83(57-84)100-105-97(73-22-13-7-14-23-73)102-98(106-100)74-24-15-8-16-25-74)75-26-17-27-80(54-75)85-62-81(99-103-95(71-18-9-5-10-19-71)101-96(104-99)72-20-11-6-12-21-72)48-53-90(85)108-93-51-46-78(69-40-32-65(3)33-41-69)60-88(93)89-61-79(47-52-94(89)108)70-42-34-66(4)35-43-70/h5-62H,1-4H3. The number of fused-ring (bicyclic) bond motifs is 6. The zero-order valence-electron chi connectivity index (χ0n) is 60.1. The molecule has 0 N–H and O–H groups in total. The van der Waals surface area contributed by atoms with Crippen LogP contribution < -0.4 is 0 Å². The minimum Gasteiger partial charge on any atom is -0.309 e. The van der Waals surface area contributed by atoms with E-state index in [9.17, 15) is 0 Å². The van der Waals surface area contributed by atoms with Gasteiger partial charge in [-0.1, -0.05) is 283 Å². The van der Waals surface area contributed by atoms with Crippen LogP contribution in [0.3, 0.4) is 0 Å². The lowest BCUT2D eigenvalue weighted by atomic mass is 9.95.